The number of rotatable bonds is 9. The summed E-state index contributed by atoms with van der Waals surface area (Å²) in [6.07, 6.45) is 10.4. The van der Waals surface area contributed by atoms with Crippen LogP contribution in [0.5, 0.6) is 0 Å². The maximum absolute atomic E-state index is 5.69. The van der Waals surface area contributed by atoms with Crippen LogP contribution in [0.3, 0.4) is 0 Å². The average Bonchev–Trinajstić information content (AvgIpc) is 2.34. The van der Waals surface area contributed by atoms with E-state index in [0.717, 1.165) is 19.6 Å². The minimum atomic E-state index is 0.105. The fourth-order valence-corrected chi connectivity index (χ4v) is 3.69. The molecule has 0 aromatic heterocycles. The summed E-state index contributed by atoms with van der Waals surface area (Å²) in [5, 5.41) is 0. The molecule has 1 atom stereocenters. The predicted molar refractivity (Wildman–Crippen MR) is 72.1 cm³/mol. The fourth-order valence-electron chi connectivity index (χ4n) is 1.96. The van der Waals surface area contributed by atoms with Crippen molar-refractivity contribution in [2.24, 2.45) is 0 Å². The van der Waals surface area contributed by atoms with E-state index in [0.29, 0.717) is 0 Å². The molecule has 0 N–H and O–H groups in total. The molecule has 0 bridgehead atoms. The van der Waals surface area contributed by atoms with Crippen molar-refractivity contribution in [3.63, 3.8) is 0 Å². The number of unbranched alkanes of at least 4 members (excludes halogenated alkanes) is 4. The molecular formula is C12H23BrMgO2. The summed E-state index contributed by atoms with van der Waals surface area (Å²) in [4.78, 5) is 0. The van der Waals surface area contributed by atoms with Crippen LogP contribution < -0.4 is 0 Å². The second-order valence-corrected chi connectivity index (χ2v) is 7.94. The fraction of sp³-hybridized carbons (Fsp3) is 1.00. The highest BCUT2D eigenvalue weighted by Crippen LogP contribution is 2.14. The summed E-state index contributed by atoms with van der Waals surface area (Å²) >= 11 is 3.72. The van der Waals surface area contributed by atoms with Gasteiger partial charge >= 0.3 is 18.2 Å². The van der Waals surface area contributed by atoms with Gasteiger partial charge in [0, 0.05) is 13.2 Å². The number of halogens is 1. The third kappa shape index (κ3) is 8.29. The van der Waals surface area contributed by atoms with Gasteiger partial charge in [-0.2, -0.15) is 0 Å². The van der Waals surface area contributed by atoms with Crippen molar-refractivity contribution in [2.45, 2.75) is 62.2 Å². The summed E-state index contributed by atoms with van der Waals surface area (Å²) in [5.41, 5.74) is 0. The van der Waals surface area contributed by atoms with Crippen LogP contribution in [0.25, 0.3) is 0 Å². The molecule has 0 aromatic carbocycles. The van der Waals surface area contributed by atoms with Crippen molar-refractivity contribution in [2.75, 3.05) is 13.2 Å². The Balaban J connectivity index is 1.77. The lowest BCUT2D eigenvalue weighted by Crippen LogP contribution is -2.22. The molecule has 1 aliphatic rings. The van der Waals surface area contributed by atoms with Crippen LogP contribution in [-0.4, -0.2) is 37.7 Å². The Morgan fingerprint density at radius 3 is 2.69 bits per heavy atom. The van der Waals surface area contributed by atoms with E-state index in [1.165, 1.54) is 49.5 Å². The van der Waals surface area contributed by atoms with Crippen LogP contribution >= 0.6 is 12.9 Å². The summed E-state index contributed by atoms with van der Waals surface area (Å²) < 4.78 is 12.7. The van der Waals surface area contributed by atoms with E-state index in [4.69, 9.17) is 9.47 Å². The van der Waals surface area contributed by atoms with Gasteiger partial charge in [0.1, 0.15) is 0 Å². The molecule has 1 rings (SSSR count). The molecule has 0 aliphatic carbocycles. The van der Waals surface area contributed by atoms with Crippen molar-refractivity contribution >= 4 is 31.1 Å². The van der Waals surface area contributed by atoms with Crippen LogP contribution in [0.1, 0.15) is 51.4 Å². The molecule has 0 radical (unpaired) electrons. The van der Waals surface area contributed by atoms with Gasteiger partial charge in [0.25, 0.3) is 0 Å². The summed E-state index contributed by atoms with van der Waals surface area (Å²) in [7, 11) is 0. The highest BCUT2D eigenvalue weighted by molar-refractivity contribution is 9.23. The van der Waals surface area contributed by atoms with Crippen LogP contribution in [-0.2, 0) is 9.47 Å². The van der Waals surface area contributed by atoms with Crippen LogP contribution in [0.4, 0.5) is 0 Å². The highest BCUT2D eigenvalue weighted by Gasteiger charge is 2.13. The van der Waals surface area contributed by atoms with Crippen LogP contribution in [0, 0.1) is 0 Å². The maximum Gasteiger partial charge on any atom is 0.468 e. The standard InChI is InChI=1S/C12H23O2.BrH.Mg/c1-2-3-4-5-7-10-13-12-9-6-8-11-14-12;;/h12H,1-11H2;1H;/q;;+1/p-1. The smallest absolute Gasteiger partial charge is 0.353 e. The summed E-state index contributed by atoms with van der Waals surface area (Å²) in [6, 6.07) is 0. The van der Waals surface area contributed by atoms with Gasteiger partial charge in [0.15, 0.2) is 6.29 Å². The van der Waals surface area contributed by atoms with Crippen molar-refractivity contribution < 1.29 is 9.47 Å². The minimum Gasteiger partial charge on any atom is -0.353 e. The van der Waals surface area contributed by atoms with Gasteiger partial charge in [-0.15, -0.1) is 4.55 Å². The van der Waals surface area contributed by atoms with Gasteiger partial charge < -0.3 is 22.4 Å². The Kier molecular flexibility index (Phi) is 10.7. The van der Waals surface area contributed by atoms with Crippen molar-refractivity contribution in [3.8, 4) is 0 Å². The first-order chi connectivity index (χ1) is 7.93. The largest absolute Gasteiger partial charge is 0.468 e. The lowest BCUT2D eigenvalue weighted by Gasteiger charge is -2.22. The molecule has 1 unspecified atom stereocenters. The summed E-state index contributed by atoms with van der Waals surface area (Å²) in [6.45, 7) is 1.78. The Hall–Kier alpha value is 1.17. The van der Waals surface area contributed by atoms with Gasteiger partial charge in [0.05, 0.1) is 0 Å². The van der Waals surface area contributed by atoms with Gasteiger partial charge in [-0.1, -0.05) is 25.7 Å². The van der Waals surface area contributed by atoms with Crippen molar-refractivity contribution in [1.29, 1.82) is 0 Å². The van der Waals surface area contributed by atoms with Gasteiger partial charge in [0.2, 0.25) is 0 Å². The van der Waals surface area contributed by atoms with Crippen molar-refractivity contribution in [3.05, 3.63) is 0 Å². The maximum atomic E-state index is 5.69. The summed E-state index contributed by atoms with van der Waals surface area (Å²) in [5.74, 6) is 0. The predicted octanol–water partition coefficient (Wildman–Crippen LogP) is 3.91. The van der Waals surface area contributed by atoms with Gasteiger partial charge in [-0.05, 0) is 25.7 Å². The SMILES string of the molecule is [Br][Mg][CH2]CCCCCCOC1CCCCO1. The normalized spacial score (nSPS) is 20.7. The van der Waals surface area contributed by atoms with E-state index in [9.17, 15) is 0 Å². The Morgan fingerprint density at radius 2 is 1.94 bits per heavy atom. The number of ether oxygens (including phenoxy) is 2. The molecule has 0 aromatic rings. The second kappa shape index (κ2) is 11.3. The quantitative estimate of drug-likeness (QED) is 0.475. The third-order valence-corrected chi connectivity index (χ3v) is 5.42. The number of hydrogen-bond donors (Lipinski definition) is 0. The van der Waals surface area contributed by atoms with Crippen LogP contribution in [0.2, 0.25) is 4.55 Å². The molecule has 16 heavy (non-hydrogen) atoms. The zero-order valence-corrected chi connectivity index (χ0v) is 13.3. The van der Waals surface area contributed by atoms with E-state index < -0.39 is 0 Å². The molecule has 1 saturated heterocycles. The lowest BCUT2D eigenvalue weighted by atomic mass is 10.1. The highest BCUT2D eigenvalue weighted by atomic mass is 79.9. The first-order valence-corrected chi connectivity index (χ1v) is 11.6. The molecular weight excluding hydrogens is 280 g/mol. The minimum absolute atomic E-state index is 0.105. The van der Waals surface area contributed by atoms with E-state index in [1.54, 1.807) is 0 Å². The molecule has 4 heteroatoms. The molecule has 92 valence electrons. The number of hydrogen-bond acceptors (Lipinski definition) is 2. The molecule has 0 saturated carbocycles. The first-order valence-electron chi connectivity index (χ1n) is 6.72. The molecule has 1 aliphatic heterocycles. The van der Waals surface area contributed by atoms with E-state index in [1.807, 2.05) is 0 Å². The zero-order valence-electron chi connectivity index (χ0n) is 10.3. The van der Waals surface area contributed by atoms with Crippen molar-refractivity contribution in [1.82, 2.24) is 0 Å². The van der Waals surface area contributed by atoms with Crippen LogP contribution in [0.15, 0.2) is 0 Å². The Labute approximate surface area is 115 Å². The van der Waals surface area contributed by atoms with E-state index >= 15 is 0 Å². The topological polar surface area (TPSA) is 18.5 Å². The average molecular weight is 304 g/mol. The second-order valence-electron chi connectivity index (χ2n) is 4.48. The van der Waals surface area contributed by atoms with E-state index in [-0.39, 0.29) is 24.5 Å². The third-order valence-electron chi connectivity index (χ3n) is 2.97. The van der Waals surface area contributed by atoms with Gasteiger partial charge in [-0.3, -0.25) is 0 Å². The first kappa shape index (κ1) is 15.2. The molecule has 0 amide bonds. The molecule has 1 fully saturated rings. The molecule has 2 nitrogen and oxygen atoms in total. The molecule has 1 heterocycles. The van der Waals surface area contributed by atoms with Gasteiger partial charge in [-0.25, -0.2) is 0 Å². The zero-order chi connectivity index (χ0) is 11.5. The van der Waals surface area contributed by atoms with E-state index in [2.05, 4.69) is 12.9 Å². The Morgan fingerprint density at radius 1 is 1.12 bits per heavy atom. The monoisotopic (exact) mass is 302 g/mol. The Bertz CT molecular complexity index is 152. The molecule has 0 spiro atoms. The lowest BCUT2D eigenvalue weighted by molar-refractivity contribution is -0.162.